The molecule has 0 unspecified atom stereocenters. The summed E-state index contributed by atoms with van der Waals surface area (Å²) in [5.41, 5.74) is 0. The Kier molecular flexibility index (Phi) is 2.92. The van der Waals surface area contributed by atoms with Gasteiger partial charge in [0.15, 0.2) is 0 Å². The molecule has 0 aliphatic carbocycles. The van der Waals surface area contributed by atoms with Crippen LogP contribution < -0.4 is 0 Å². The molecule has 0 radical (unpaired) electrons. The Balaban J connectivity index is 3.72. The molecule has 0 aliphatic heterocycles. The summed E-state index contributed by atoms with van der Waals surface area (Å²) < 4.78 is 22.4. The standard InChI is InChI=1S/C4H5ClF2/c1-2-3(5)4(6)7/h2H2,1H3. The van der Waals surface area contributed by atoms with Gasteiger partial charge in [-0.3, -0.25) is 0 Å². The Bertz CT molecular complexity index is 83.7. The minimum absolute atomic E-state index is 0.212. The quantitative estimate of drug-likeness (QED) is 0.507. The zero-order valence-electron chi connectivity index (χ0n) is 3.84. The number of hydrogen-bond acceptors (Lipinski definition) is 0. The summed E-state index contributed by atoms with van der Waals surface area (Å²) in [6.07, 6.45) is -1.56. The van der Waals surface area contributed by atoms with Crippen molar-refractivity contribution in [2.24, 2.45) is 0 Å². The fourth-order valence-electron chi connectivity index (χ4n) is 0.134. The van der Waals surface area contributed by atoms with E-state index in [0.29, 0.717) is 0 Å². The van der Waals surface area contributed by atoms with Crippen LogP contribution in [0.2, 0.25) is 0 Å². The van der Waals surface area contributed by atoms with Crippen molar-refractivity contribution in [2.45, 2.75) is 13.3 Å². The van der Waals surface area contributed by atoms with Crippen molar-refractivity contribution in [3.05, 3.63) is 11.1 Å². The summed E-state index contributed by atoms with van der Waals surface area (Å²) >= 11 is 4.93. The first-order chi connectivity index (χ1) is 3.18. The Morgan fingerprint density at radius 2 is 2.00 bits per heavy atom. The maximum Gasteiger partial charge on any atom is 0.284 e. The van der Waals surface area contributed by atoms with E-state index in [1.54, 1.807) is 6.92 Å². The number of hydrogen-bond donors (Lipinski definition) is 0. The van der Waals surface area contributed by atoms with Crippen molar-refractivity contribution < 1.29 is 8.78 Å². The summed E-state index contributed by atoms with van der Waals surface area (Å²) in [7, 11) is 0. The van der Waals surface area contributed by atoms with Crippen molar-refractivity contribution >= 4 is 11.6 Å². The first kappa shape index (κ1) is 6.89. The third kappa shape index (κ3) is 2.57. The number of allylic oxidation sites excluding steroid dienone is 1. The van der Waals surface area contributed by atoms with Gasteiger partial charge in [0.1, 0.15) is 0 Å². The van der Waals surface area contributed by atoms with E-state index in [1.807, 2.05) is 0 Å². The molecule has 0 fully saturated rings. The van der Waals surface area contributed by atoms with Gasteiger partial charge in [-0.15, -0.1) is 0 Å². The summed E-state index contributed by atoms with van der Waals surface area (Å²) in [5.74, 6) is 0. The van der Waals surface area contributed by atoms with Gasteiger partial charge in [0.2, 0.25) is 0 Å². The predicted octanol–water partition coefficient (Wildman–Crippen LogP) is 2.74. The molecular formula is C4H5ClF2. The normalized spacial score (nSPS) is 8.57. The molecule has 0 spiro atoms. The van der Waals surface area contributed by atoms with Crippen molar-refractivity contribution in [3.63, 3.8) is 0 Å². The number of rotatable bonds is 1. The van der Waals surface area contributed by atoms with Gasteiger partial charge in [-0.25, -0.2) is 0 Å². The first-order valence-corrected chi connectivity index (χ1v) is 2.26. The van der Waals surface area contributed by atoms with Crippen LogP contribution in [0.4, 0.5) is 8.78 Å². The van der Waals surface area contributed by atoms with Gasteiger partial charge < -0.3 is 0 Å². The minimum Gasteiger partial charge on any atom is -0.172 e. The fraction of sp³-hybridized carbons (Fsp3) is 0.500. The third-order valence-corrected chi connectivity index (χ3v) is 0.926. The van der Waals surface area contributed by atoms with Gasteiger partial charge in [0.25, 0.3) is 6.08 Å². The van der Waals surface area contributed by atoms with Gasteiger partial charge in [-0.05, 0) is 6.42 Å². The molecule has 7 heavy (non-hydrogen) atoms. The van der Waals surface area contributed by atoms with Crippen LogP contribution in [-0.2, 0) is 0 Å². The van der Waals surface area contributed by atoms with E-state index in [-0.39, 0.29) is 11.5 Å². The van der Waals surface area contributed by atoms with Crippen LogP contribution in [0, 0.1) is 0 Å². The molecule has 0 aromatic heterocycles. The van der Waals surface area contributed by atoms with Crippen molar-refractivity contribution in [1.82, 2.24) is 0 Å². The average molecular weight is 127 g/mol. The molecule has 0 amide bonds. The largest absolute Gasteiger partial charge is 0.284 e. The second-order valence-electron chi connectivity index (χ2n) is 1.02. The van der Waals surface area contributed by atoms with E-state index in [4.69, 9.17) is 11.6 Å². The van der Waals surface area contributed by atoms with Crippen LogP contribution >= 0.6 is 11.6 Å². The topological polar surface area (TPSA) is 0 Å². The van der Waals surface area contributed by atoms with E-state index in [0.717, 1.165) is 0 Å². The average Bonchev–Trinajstić information content (AvgIpc) is 1.65. The monoisotopic (exact) mass is 126 g/mol. The zero-order chi connectivity index (χ0) is 5.86. The third-order valence-electron chi connectivity index (χ3n) is 0.515. The smallest absolute Gasteiger partial charge is 0.172 e. The Morgan fingerprint density at radius 3 is 2.00 bits per heavy atom. The molecule has 0 aromatic rings. The van der Waals surface area contributed by atoms with Gasteiger partial charge in [-0.1, -0.05) is 18.5 Å². The second-order valence-corrected chi connectivity index (χ2v) is 1.48. The molecule has 0 bridgehead atoms. The summed E-state index contributed by atoms with van der Waals surface area (Å²) in [4.78, 5) is 0. The summed E-state index contributed by atoms with van der Waals surface area (Å²) in [6.45, 7) is 1.57. The van der Waals surface area contributed by atoms with Crippen LogP contribution in [0.1, 0.15) is 13.3 Å². The molecule has 0 nitrogen and oxygen atoms in total. The summed E-state index contributed by atoms with van der Waals surface area (Å²) in [5, 5.41) is -0.347. The minimum atomic E-state index is -1.77. The highest BCUT2D eigenvalue weighted by atomic mass is 35.5. The highest BCUT2D eigenvalue weighted by Crippen LogP contribution is 2.14. The zero-order valence-corrected chi connectivity index (χ0v) is 4.60. The molecule has 0 rings (SSSR count). The van der Waals surface area contributed by atoms with Crippen LogP contribution in [0.3, 0.4) is 0 Å². The van der Waals surface area contributed by atoms with E-state index < -0.39 is 6.08 Å². The lowest BCUT2D eigenvalue weighted by Crippen LogP contribution is -1.66. The van der Waals surface area contributed by atoms with Gasteiger partial charge in [0, 0.05) is 0 Å². The Labute approximate surface area is 45.8 Å². The van der Waals surface area contributed by atoms with E-state index in [1.165, 1.54) is 0 Å². The Hall–Kier alpha value is -0.110. The molecule has 3 heteroatoms. The van der Waals surface area contributed by atoms with Crippen molar-refractivity contribution in [3.8, 4) is 0 Å². The molecule has 0 atom stereocenters. The Morgan fingerprint density at radius 1 is 1.57 bits per heavy atom. The van der Waals surface area contributed by atoms with E-state index >= 15 is 0 Å². The lowest BCUT2D eigenvalue weighted by molar-refractivity contribution is 0.415. The van der Waals surface area contributed by atoms with Crippen LogP contribution in [0.25, 0.3) is 0 Å². The van der Waals surface area contributed by atoms with Crippen LogP contribution in [0.15, 0.2) is 11.1 Å². The van der Waals surface area contributed by atoms with Crippen molar-refractivity contribution in [1.29, 1.82) is 0 Å². The lowest BCUT2D eigenvalue weighted by Gasteiger charge is -1.83. The lowest BCUT2D eigenvalue weighted by atomic mass is 10.5. The van der Waals surface area contributed by atoms with Crippen LogP contribution in [0.5, 0.6) is 0 Å². The van der Waals surface area contributed by atoms with Gasteiger partial charge in [0.05, 0.1) is 5.03 Å². The molecule has 0 aromatic carbocycles. The molecule has 0 heterocycles. The highest BCUT2D eigenvalue weighted by Gasteiger charge is 1.95. The highest BCUT2D eigenvalue weighted by molar-refractivity contribution is 6.29. The first-order valence-electron chi connectivity index (χ1n) is 1.88. The predicted molar refractivity (Wildman–Crippen MR) is 25.4 cm³/mol. The maximum absolute atomic E-state index is 11.2. The van der Waals surface area contributed by atoms with Gasteiger partial charge >= 0.3 is 0 Å². The number of halogens is 3. The maximum atomic E-state index is 11.2. The van der Waals surface area contributed by atoms with Crippen molar-refractivity contribution in [2.75, 3.05) is 0 Å². The van der Waals surface area contributed by atoms with E-state index in [9.17, 15) is 8.78 Å². The molecular weight excluding hydrogens is 121 g/mol. The molecule has 42 valence electrons. The summed E-state index contributed by atoms with van der Waals surface area (Å²) in [6, 6.07) is 0. The molecule has 0 saturated heterocycles. The fourth-order valence-corrected chi connectivity index (χ4v) is 0.134. The van der Waals surface area contributed by atoms with E-state index in [2.05, 4.69) is 0 Å². The van der Waals surface area contributed by atoms with Gasteiger partial charge in [-0.2, -0.15) is 8.78 Å². The molecule has 0 N–H and O–H groups in total. The second kappa shape index (κ2) is 2.97. The SMILES string of the molecule is CCC(Cl)=C(F)F. The van der Waals surface area contributed by atoms with Crippen LogP contribution in [-0.4, -0.2) is 0 Å². The molecule has 0 aliphatic rings. The molecule has 0 saturated carbocycles.